The number of carbonyl (C=O) groups excluding carboxylic acids is 2. The number of rotatable bonds is 3. The maximum Gasteiger partial charge on any atom is 0.300 e. The second-order valence-corrected chi connectivity index (χ2v) is 7.74. The molecule has 1 aliphatic heterocycles. The largest absolute Gasteiger partial charge is 0.507 e. The average Bonchev–Trinajstić information content (AvgIpc) is 3.01. The number of anilines is 1. The van der Waals surface area contributed by atoms with Crippen molar-refractivity contribution < 1.29 is 14.7 Å². The van der Waals surface area contributed by atoms with E-state index in [1.807, 2.05) is 25.1 Å². The van der Waals surface area contributed by atoms with E-state index < -0.39 is 17.7 Å². The smallest absolute Gasteiger partial charge is 0.300 e. The minimum atomic E-state index is -0.838. The number of Topliss-reactive ketones (excluding diaryl/α,β-unsaturated/α-hetero) is 1. The van der Waals surface area contributed by atoms with E-state index in [1.54, 1.807) is 36.7 Å². The monoisotopic (exact) mass is 438 g/mol. The van der Waals surface area contributed by atoms with Crippen LogP contribution < -0.4 is 4.90 Å². The zero-order valence-electron chi connectivity index (χ0n) is 15.8. The summed E-state index contributed by atoms with van der Waals surface area (Å²) in [6, 6.07) is 14.4. The van der Waals surface area contributed by atoms with Gasteiger partial charge in [-0.25, -0.2) is 0 Å². The van der Waals surface area contributed by atoms with E-state index >= 15 is 0 Å². The number of halogens is 2. The van der Waals surface area contributed by atoms with Crippen molar-refractivity contribution in [2.24, 2.45) is 0 Å². The predicted molar refractivity (Wildman–Crippen MR) is 117 cm³/mol. The lowest BCUT2D eigenvalue weighted by Gasteiger charge is -2.25. The zero-order valence-corrected chi connectivity index (χ0v) is 17.4. The number of aryl methyl sites for hydroxylation is 1. The van der Waals surface area contributed by atoms with Crippen LogP contribution in [0.25, 0.3) is 5.76 Å². The van der Waals surface area contributed by atoms with Crippen molar-refractivity contribution in [1.82, 2.24) is 4.98 Å². The third kappa shape index (κ3) is 3.47. The summed E-state index contributed by atoms with van der Waals surface area (Å²) >= 11 is 12.1. The molecule has 0 saturated carbocycles. The van der Waals surface area contributed by atoms with Crippen molar-refractivity contribution in [3.05, 3.63) is 99.3 Å². The second-order valence-electron chi connectivity index (χ2n) is 6.92. The summed E-state index contributed by atoms with van der Waals surface area (Å²) in [5, 5.41) is 11.6. The van der Waals surface area contributed by atoms with Crippen LogP contribution in [-0.2, 0) is 9.59 Å². The molecule has 1 N–H and O–H groups in total. The fourth-order valence-electron chi connectivity index (χ4n) is 3.53. The molecule has 2 aromatic carbocycles. The number of benzene rings is 2. The molecule has 4 rings (SSSR count). The Bertz CT molecular complexity index is 1190. The van der Waals surface area contributed by atoms with Gasteiger partial charge in [-0.15, -0.1) is 0 Å². The summed E-state index contributed by atoms with van der Waals surface area (Å²) in [7, 11) is 0. The molecule has 0 bridgehead atoms. The first-order chi connectivity index (χ1) is 14.4. The van der Waals surface area contributed by atoms with E-state index in [2.05, 4.69) is 4.98 Å². The summed E-state index contributed by atoms with van der Waals surface area (Å²) in [6.07, 6.45) is 3.17. The van der Waals surface area contributed by atoms with Crippen LogP contribution in [0.2, 0.25) is 10.0 Å². The third-order valence-corrected chi connectivity index (χ3v) is 5.66. The first kappa shape index (κ1) is 20.1. The van der Waals surface area contributed by atoms with Crippen LogP contribution in [0.3, 0.4) is 0 Å². The van der Waals surface area contributed by atoms with Gasteiger partial charge >= 0.3 is 0 Å². The van der Waals surface area contributed by atoms with Crippen LogP contribution in [0.1, 0.15) is 22.7 Å². The van der Waals surface area contributed by atoms with E-state index in [4.69, 9.17) is 23.2 Å². The van der Waals surface area contributed by atoms with E-state index in [1.165, 1.54) is 17.0 Å². The Hall–Kier alpha value is -3.15. The molecule has 7 heteroatoms. The Kier molecular flexibility index (Phi) is 5.33. The molecule has 30 heavy (non-hydrogen) atoms. The molecule has 0 spiro atoms. The highest BCUT2D eigenvalue weighted by Gasteiger charge is 2.47. The lowest BCUT2D eigenvalue weighted by molar-refractivity contribution is -0.132. The molecule has 150 valence electrons. The molecule has 2 heterocycles. The molecule has 5 nitrogen and oxygen atoms in total. The van der Waals surface area contributed by atoms with Gasteiger partial charge in [0, 0.05) is 23.6 Å². The highest BCUT2D eigenvalue weighted by molar-refractivity contribution is 6.51. The highest BCUT2D eigenvalue weighted by Crippen LogP contribution is 2.42. The molecule has 1 atom stereocenters. The number of hydrogen-bond acceptors (Lipinski definition) is 4. The molecule has 1 amide bonds. The number of carbonyl (C=O) groups is 2. The van der Waals surface area contributed by atoms with Gasteiger partial charge in [0.1, 0.15) is 5.76 Å². The van der Waals surface area contributed by atoms with Crippen molar-refractivity contribution in [2.75, 3.05) is 4.90 Å². The molecule has 0 aliphatic carbocycles. The van der Waals surface area contributed by atoms with Gasteiger partial charge in [-0.2, -0.15) is 0 Å². The maximum atomic E-state index is 13.0. The summed E-state index contributed by atoms with van der Waals surface area (Å²) in [5.41, 5.74) is 2.34. The van der Waals surface area contributed by atoms with Gasteiger partial charge in [-0.3, -0.25) is 19.5 Å². The van der Waals surface area contributed by atoms with Crippen LogP contribution in [0.4, 0.5) is 5.69 Å². The predicted octanol–water partition coefficient (Wildman–Crippen LogP) is 5.32. The van der Waals surface area contributed by atoms with Crippen LogP contribution in [-0.4, -0.2) is 21.8 Å². The van der Waals surface area contributed by atoms with E-state index in [0.717, 1.165) is 5.56 Å². The average molecular weight is 439 g/mol. The standard InChI is InChI=1S/C23H16Cl2N2O3/c1-13-4-2-6-16(10-13)27-20(15-5-3-9-26-12-15)19(22(29)23(27)30)21(28)14-7-8-17(24)18(25)11-14/h2-12,20,28H,1H3/b21-19-. The molecular formula is C23H16Cl2N2O3. The Balaban J connectivity index is 1.95. The Morgan fingerprint density at radius 1 is 1.03 bits per heavy atom. The summed E-state index contributed by atoms with van der Waals surface area (Å²) < 4.78 is 0. The van der Waals surface area contributed by atoms with Gasteiger partial charge in [0.25, 0.3) is 11.7 Å². The fourth-order valence-corrected chi connectivity index (χ4v) is 3.83. The normalized spacial score (nSPS) is 18.1. The number of aliphatic hydroxyl groups excluding tert-OH is 1. The summed E-state index contributed by atoms with van der Waals surface area (Å²) in [5.74, 6) is -1.83. The lowest BCUT2D eigenvalue weighted by atomic mass is 9.96. The van der Waals surface area contributed by atoms with Crippen molar-refractivity contribution >= 4 is 46.3 Å². The first-order valence-corrected chi connectivity index (χ1v) is 9.87. The first-order valence-electron chi connectivity index (χ1n) is 9.11. The van der Waals surface area contributed by atoms with Crippen molar-refractivity contribution in [3.8, 4) is 0 Å². The van der Waals surface area contributed by atoms with Gasteiger partial charge in [-0.05, 0) is 54.4 Å². The molecule has 3 aromatic rings. The topological polar surface area (TPSA) is 70.5 Å². The number of ketones is 1. The molecule has 1 unspecified atom stereocenters. The second kappa shape index (κ2) is 7.94. The molecule has 1 fully saturated rings. The molecule has 1 aromatic heterocycles. The number of pyridine rings is 1. The van der Waals surface area contributed by atoms with Crippen LogP contribution in [0.5, 0.6) is 0 Å². The van der Waals surface area contributed by atoms with E-state index in [9.17, 15) is 14.7 Å². The summed E-state index contributed by atoms with van der Waals surface area (Å²) in [4.78, 5) is 31.6. The lowest BCUT2D eigenvalue weighted by Crippen LogP contribution is -2.29. The number of nitrogens with zero attached hydrogens (tertiary/aromatic N) is 2. The van der Waals surface area contributed by atoms with Crippen LogP contribution >= 0.6 is 23.2 Å². The van der Waals surface area contributed by atoms with Gasteiger partial charge < -0.3 is 5.11 Å². The minimum Gasteiger partial charge on any atom is -0.507 e. The maximum absolute atomic E-state index is 13.0. The Morgan fingerprint density at radius 2 is 1.83 bits per heavy atom. The van der Waals surface area contributed by atoms with Crippen LogP contribution in [0.15, 0.2) is 72.6 Å². The quantitative estimate of drug-likeness (QED) is 0.341. The fraction of sp³-hybridized carbons (Fsp3) is 0.0870. The minimum absolute atomic E-state index is 0.0344. The molecule has 0 radical (unpaired) electrons. The van der Waals surface area contributed by atoms with Gasteiger partial charge in [0.15, 0.2) is 0 Å². The number of hydrogen-bond donors (Lipinski definition) is 1. The zero-order chi connectivity index (χ0) is 21.4. The SMILES string of the molecule is Cc1cccc(N2C(=O)C(=O)/C(=C(\O)c3ccc(Cl)c(Cl)c3)C2c2cccnc2)c1. The van der Waals surface area contributed by atoms with Crippen molar-refractivity contribution in [2.45, 2.75) is 13.0 Å². The van der Waals surface area contributed by atoms with E-state index in [0.29, 0.717) is 21.8 Å². The van der Waals surface area contributed by atoms with Gasteiger partial charge in [0.05, 0.1) is 21.7 Å². The Morgan fingerprint density at radius 3 is 2.50 bits per heavy atom. The molecule has 1 saturated heterocycles. The highest BCUT2D eigenvalue weighted by atomic mass is 35.5. The van der Waals surface area contributed by atoms with Crippen LogP contribution in [0, 0.1) is 6.92 Å². The molecular weight excluding hydrogens is 423 g/mol. The number of amides is 1. The van der Waals surface area contributed by atoms with Gasteiger partial charge in [-0.1, -0.05) is 41.4 Å². The number of aromatic nitrogens is 1. The Labute approximate surface area is 183 Å². The van der Waals surface area contributed by atoms with Crippen molar-refractivity contribution in [3.63, 3.8) is 0 Å². The molecule has 1 aliphatic rings. The number of aliphatic hydroxyl groups is 1. The van der Waals surface area contributed by atoms with Gasteiger partial charge in [0.2, 0.25) is 0 Å². The van der Waals surface area contributed by atoms with E-state index in [-0.39, 0.29) is 16.4 Å². The van der Waals surface area contributed by atoms with Crippen molar-refractivity contribution in [1.29, 1.82) is 0 Å². The summed E-state index contributed by atoms with van der Waals surface area (Å²) in [6.45, 7) is 1.90. The third-order valence-electron chi connectivity index (χ3n) is 4.92.